The molecule has 1 aliphatic rings. The molecule has 0 saturated carbocycles. The number of nitrogens with zero attached hydrogens (tertiary/aromatic N) is 1. The number of piperidine rings is 1. The van der Waals surface area contributed by atoms with Crippen molar-refractivity contribution in [3.8, 4) is 0 Å². The minimum Gasteiger partial charge on any atom is -0.396 e. The zero-order valence-corrected chi connectivity index (χ0v) is 11.7. The van der Waals surface area contributed by atoms with Gasteiger partial charge in [0.15, 0.2) is 0 Å². The molecular weight excluding hydrogens is 254 g/mol. The molecule has 5 nitrogen and oxygen atoms in total. The van der Waals surface area contributed by atoms with E-state index in [0.717, 1.165) is 44.6 Å². The highest BCUT2D eigenvalue weighted by Crippen LogP contribution is 2.11. The molecule has 1 fully saturated rings. The van der Waals surface area contributed by atoms with Gasteiger partial charge in [-0.15, -0.1) is 0 Å². The number of nitrogens with one attached hydrogen (secondary N) is 2. The lowest BCUT2D eigenvalue weighted by atomic mass is 10.1. The van der Waals surface area contributed by atoms with Gasteiger partial charge < -0.3 is 20.6 Å². The van der Waals surface area contributed by atoms with Gasteiger partial charge in [0.05, 0.1) is 0 Å². The molecule has 1 aromatic carbocycles. The molecule has 0 bridgehead atoms. The van der Waals surface area contributed by atoms with E-state index in [1.165, 1.54) is 0 Å². The van der Waals surface area contributed by atoms with E-state index in [-0.39, 0.29) is 18.7 Å². The monoisotopic (exact) mass is 277 g/mol. The van der Waals surface area contributed by atoms with Gasteiger partial charge in [-0.05, 0) is 31.4 Å². The maximum atomic E-state index is 11.9. The van der Waals surface area contributed by atoms with E-state index in [4.69, 9.17) is 5.11 Å². The minimum absolute atomic E-state index is 0.134. The molecule has 1 aromatic rings. The van der Waals surface area contributed by atoms with Crippen LogP contribution >= 0.6 is 0 Å². The number of anilines is 1. The lowest BCUT2D eigenvalue weighted by Gasteiger charge is -2.32. The highest BCUT2D eigenvalue weighted by Gasteiger charge is 2.20. The second-order valence-corrected chi connectivity index (χ2v) is 5.16. The second kappa shape index (κ2) is 7.87. The molecule has 2 rings (SSSR count). The fraction of sp³-hybridized carbons (Fsp3) is 0.533. The van der Waals surface area contributed by atoms with Crippen LogP contribution in [0.2, 0.25) is 0 Å². The summed E-state index contributed by atoms with van der Waals surface area (Å²) in [6.45, 7) is 3.16. The Morgan fingerprint density at radius 2 is 1.95 bits per heavy atom. The van der Waals surface area contributed by atoms with E-state index in [0.29, 0.717) is 0 Å². The van der Waals surface area contributed by atoms with Gasteiger partial charge >= 0.3 is 6.03 Å². The van der Waals surface area contributed by atoms with Crippen molar-refractivity contribution in [2.75, 3.05) is 31.6 Å². The first-order valence-electron chi connectivity index (χ1n) is 7.23. The predicted molar refractivity (Wildman–Crippen MR) is 79.8 cm³/mol. The highest BCUT2D eigenvalue weighted by molar-refractivity contribution is 5.89. The summed E-state index contributed by atoms with van der Waals surface area (Å²) in [7, 11) is 0. The van der Waals surface area contributed by atoms with Gasteiger partial charge in [-0.25, -0.2) is 4.79 Å². The van der Waals surface area contributed by atoms with Crippen LogP contribution in [0.4, 0.5) is 10.5 Å². The van der Waals surface area contributed by atoms with Crippen LogP contribution in [0, 0.1) is 0 Å². The Hall–Kier alpha value is -1.59. The number of likely N-dealkylation sites (tertiary alicyclic amines) is 1. The van der Waals surface area contributed by atoms with Crippen LogP contribution in [0.25, 0.3) is 0 Å². The van der Waals surface area contributed by atoms with E-state index < -0.39 is 0 Å². The Bertz CT molecular complexity index is 403. The fourth-order valence-electron chi connectivity index (χ4n) is 2.47. The van der Waals surface area contributed by atoms with Crippen molar-refractivity contribution in [3.05, 3.63) is 30.3 Å². The zero-order chi connectivity index (χ0) is 14.2. The number of aliphatic hydroxyl groups excluding tert-OH is 1. The van der Waals surface area contributed by atoms with Gasteiger partial charge in [0.2, 0.25) is 0 Å². The number of para-hydroxylation sites is 1. The number of aliphatic hydroxyl groups is 1. The largest absolute Gasteiger partial charge is 0.396 e. The average molecular weight is 277 g/mol. The summed E-state index contributed by atoms with van der Waals surface area (Å²) in [6.07, 6.45) is 2.76. The van der Waals surface area contributed by atoms with Gasteiger partial charge in [-0.2, -0.15) is 0 Å². The van der Waals surface area contributed by atoms with E-state index in [9.17, 15) is 4.79 Å². The first-order chi connectivity index (χ1) is 9.78. The Morgan fingerprint density at radius 1 is 1.25 bits per heavy atom. The summed E-state index contributed by atoms with van der Waals surface area (Å²) in [5, 5.41) is 14.7. The maximum absolute atomic E-state index is 11.9. The Kier molecular flexibility index (Phi) is 5.83. The van der Waals surface area contributed by atoms with Gasteiger partial charge in [0.25, 0.3) is 0 Å². The quantitative estimate of drug-likeness (QED) is 0.767. The summed E-state index contributed by atoms with van der Waals surface area (Å²) < 4.78 is 0. The maximum Gasteiger partial charge on any atom is 0.319 e. The molecule has 0 radical (unpaired) electrons. The van der Waals surface area contributed by atoms with Crippen molar-refractivity contribution >= 4 is 11.7 Å². The standard InChI is InChI=1S/C15H23N3O2/c19-12-4-9-18-10-7-14(8-11-18)17-15(20)16-13-5-2-1-3-6-13/h1-3,5-6,14,19H,4,7-12H2,(H2,16,17,20). The topological polar surface area (TPSA) is 64.6 Å². The number of amides is 2. The summed E-state index contributed by atoms with van der Waals surface area (Å²) in [5.41, 5.74) is 0.811. The molecule has 1 aliphatic heterocycles. The van der Waals surface area contributed by atoms with E-state index in [2.05, 4.69) is 15.5 Å². The van der Waals surface area contributed by atoms with Crippen molar-refractivity contribution in [2.24, 2.45) is 0 Å². The van der Waals surface area contributed by atoms with Crippen LogP contribution in [-0.4, -0.2) is 48.3 Å². The third kappa shape index (κ3) is 4.83. The highest BCUT2D eigenvalue weighted by atomic mass is 16.3. The normalized spacial score (nSPS) is 16.9. The summed E-state index contributed by atoms with van der Waals surface area (Å²) in [5.74, 6) is 0. The van der Waals surface area contributed by atoms with Gasteiger partial charge in [0.1, 0.15) is 0 Å². The Morgan fingerprint density at radius 3 is 2.60 bits per heavy atom. The van der Waals surface area contributed by atoms with Crippen LogP contribution < -0.4 is 10.6 Å². The summed E-state index contributed by atoms with van der Waals surface area (Å²) in [6, 6.07) is 9.57. The number of hydrogen-bond acceptors (Lipinski definition) is 3. The SMILES string of the molecule is O=C(Nc1ccccc1)NC1CCN(CCCO)CC1. The third-order valence-electron chi connectivity index (χ3n) is 3.59. The van der Waals surface area contributed by atoms with Gasteiger partial charge in [-0.1, -0.05) is 18.2 Å². The summed E-state index contributed by atoms with van der Waals surface area (Å²) >= 11 is 0. The van der Waals surface area contributed by atoms with E-state index in [1.807, 2.05) is 30.3 Å². The molecule has 110 valence electrons. The van der Waals surface area contributed by atoms with Crippen molar-refractivity contribution in [3.63, 3.8) is 0 Å². The molecule has 5 heteroatoms. The third-order valence-corrected chi connectivity index (χ3v) is 3.59. The predicted octanol–water partition coefficient (Wildman–Crippen LogP) is 1.65. The minimum atomic E-state index is -0.134. The van der Waals surface area contributed by atoms with Gasteiger partial charge in [0, 0.05) is 38.0 Å². The lowest BCUT2D eigenvalue weighted by molar-refractivity contribution is 0.178. The van der Waals surface area contributed by atoms with Crippen molar-refractivity contribution < 1.29 is 9.90 Å². The molecule has 0 spiro atoms. The van der Waals surface area contributed by atoms with Crippen LogP contribution in [0.5, 0.6) is 0 Å². The van der Waals surface area contributed by atoms with Crippen LogP contribution in [-0.2, 0) is 0 Å². The van der Waals surface area contributed by atoms with Crippen LogP contribution in [0.15, 0.2) is 30.3 Å². The molecule has 1 saturated heterocycles. The van der Waals surface area contributed by atoms with Crippen molar-refractivity contribution in [1.82, 2.24) is 10.2 Å². The number of rotatable bonds is 5. The van der Waals surface area contributed by atoms with Crippen LogP contribution in [0.1, 0.15) is 19.3 Å². The van der Waals surface area contributed by atoms with Gasteiger partial charge in [-0.3, -0.25) is 0 Å². The van der Waals surface area contributed by atoms with E-state index in [1.54, 1.807) is 0 Å². The molecule has 0 aliphatic carbocycles. The summed E-state index contributed by atoms with van der Waals surface area (Å²) in [4.78, 5) is 14.2. The molecule has 0 atom stereocenters. The molecule has 0 aromatic heterocycles. The van der Waals surface area contributed by atoms with E-state index >= 15 is 0 Å². The lowest BCUT2D eigenvalue weighted by Crippen LogP contribution is -2.46. The number of hydrogen-bond donors (Lipinski definition) is 3. The molecule has 3 N–H and O–H groups in total. The first-order valence-corrected chi connectivity index (χ1v) is 7.23. The number of carbonyl (C=O) groups is 1. The molecule has 2 amide bonds. The molecular formula is C15H23N3O2. The van der Waals surface area contributed by atoms with Crippen LogP contribution in [0.3, 0.4) is 0 Å². The first kappa shape index (κ1) is 14.8. The number of carbonyl (C=O) groups excluding carboxylic acids is 1. The molecule has 0 unspecified atom stereocenters. The molecule has 1 heterocycles. The molecule has 20 heavy (non-hydrogen) atoms. The van der Waals surface area contributed by atoms with Crippen molar-refractivity contribution in [2.45, 2.75) is 25.3 Å². The average Bonchev–Trinajstić information content (AvgIpc) is 2.47. The number of urea groups is 1. The zero-order valence-electron chi connectivity index (χ0n) is 11.7. The smallest absolute Gasteiger partial charge is 0.319 e. The second-order valence-electron chi connectivity index (χ2n) is 5.16. The Balaban J connectivity index is 1.68. The Labute approximate surface area is 120 Å². The van der Waals surface area contributed by atoms with Crippen molar-refractivity contribution in [1.29, 1.82) is 0 Å². The fourth-order valence-corrected chi connectivity index (χ4v) is 2.47. The number of benzene rings is 1.